The smallest absolute Gasteiger partial charge is 0.282 e. The number of aromatic hydroxyl groups is 2. The second-order valence-electron chi connectivity index (χ2n) is 3.98. The van der Waals surface area contributed by atoms with Crippen molar-refractivity contribution in [2.45, 2.75) is 4.90 Å². The average molecular weight is 346 g/mol. The minimum Gasteiger partial charge on any atom is -0.506 e. The monoisotopic (exact) mass is 345 g/mol. The van der Waals surface area contributed by atoms with Gasteiger partial charge in [0.25, 0.3) is 10.0 Å². The largest absolute Gasteiger partial charge is 0.506 e. The molecule has 110 valence electrons. The molecule has 2 aromatic rings. The minimum absolute atomic E-state index is 0.0108. The first-order chi connectivity index (χ1) is 9.83. The molecule has 21 heavy (non-hydrogen) atoms. The molecule has 0 fully saturated rings. The van der Waals surface area contributed by atoms with Gasteiger partial charge in [-0.25, -0.2) is 0 Å². The number of phenolic OH excluding ortho intramolecular Hbond substituents is 2. The Bertz CT molecular complexity index is 805. The summed E-state index contributed by atoms with van der Waals surface area (Å²) in [5.41, 5.74) is -0.0256. The number of sulfonamides is 1. The quantitative estimate of drug-likeness (QED) is 0.836. The van der Waals surface area contributed by atoms with Crippen molar-refractivity contribution in [3.05, 3.63) is 52.0 Å². The summed E-state index contributed by atoms with van der Waals surface area (Å²) < 4.78 is 27.4. The van der Waals surface area contributed by atoms with E-state index in [1.807, 2.05) is 0 Å². The van der Waals surface area contributed by atoms with Crippen LogP contribution in [0.4, 0.5) is 0 Å². The number of nitrogens with zero attached hydrogens (tertiary/aromatic N) is 1. The lowest BCUT2D eigenvalue weighted by molar-refractivity contribution is 0.450. The van der Waals surface area contributed by atoms with E-state index < -0.39 is 21.5 Å². The fourth-order valence-electron chi connectivity index (χ4n) is 1.49. The van der Waals surface area contributed by atoms with Crippen LogP contribution in [-0.4, -0.2) is 24.8 Å². The maximum atomic E-state index is 12.0. The van der Waals surface area contributed by atoms with Crippen molar-refractivity contribution in [2.75, 3.05) is 0 Å². The van der Waals surface area contributed by atoms with Gasteiger partial charge >= 0.3 is 0 Å². The third-order valence-corrected chi connectivity index (χ3v) is 4.47. The van der Waals surface area contributed by atoms with Crippen LogP contribution in [0.25, 0.3) is 0 Å². The summed E-state index contributed by atoms with van der Waals surface area (Å²) in [6.07, 6.45) is 0.912. The number of halogens is 2. The molecule has 2 aromatic carbocycles. The average Bonchev–Trinajstić information content (AvgIpc) is 2.48. The van der Waals surface area contributed by atoms with Crippen LogP contribution in [0, 0.1) is 0 Å². The summed E-state index contributed by atoms with van der Waals surface area (Å²) in [6.45, 7) is 0. The normalized spacial score (nSPS) is 11.9. The molecular formula is C13H9Cl2NO4S. The number of hydrogen-bond donors (Lipinski definition) is 2. The molecule has 0 aliphatic carbocycles. The Morgan fingerprint density at radius 1 is 1.05 bits per heavy atom. The Balaban J connectivity index is 2.43. The zero-order valence-corrected chi connectivity index (χ0v) is 12.7. The molecule has 0 atom stereocenters. The van der Waals surface area contributed by atoms with Gasteiger partial charge in [0, 0.05) is 5.56 Å². The van der Waals surface area contributed by atoms with Crippen LogP contribution in [-0.2, 0) is 10.0 Å². The number of phenols is 2. The molecule has 0 saturated carbocycles. The molecule has 0 aliphatic rings. The molecule has 0 aromatic heterocycles. The molecule has 0 bridgehead atoms. The summed E-state index contributed by atoms with van der Waals surface area (Å²) in [6, 6.07) is 8.74. The number of hydrogen-bond acceptors (Lipinski definition) is 4. The Labute approximate surface area is 131 Å². The Morgan fingerprint density at radius 2 is 1.67 bits per heavy atom. The van der Waals surface area contributed by atoms with Gasteiger partial charge in [-0.2, -0.15) is 12.8 Å². The highest BCUT2D eigenvalue weighted by atomic mass is 35.5. The maximum Gasteiger partial charge on any atom is 0.282 e. The molecule has 0 unspecified atom stereocenters. The predicted octanol–water partition coefficient (Wildman–Crippen LogP) is 3.21. The van der Waals surface area contributed by atoms with E-state index in [-0.39, 0.29) is 20.5 Å². The van der Waals surface area contributed by atoms with Crippen LogP contribution in [0.5, 0.6) is 11.5 Å². The van der Waals surface area contributed by atoms with Gasteiger partial charge in [-0.05, 0) is 18.2 Å². The highest BCUT2D eigenvalue weighted by Crippen LogP contribution is 2.40. The van der Waals surface area contributed by atoms with Crippen molar-refractivity contribution in [2.24, 2.45) is 4.40 Å². The lowest BCUT2D eigenvalue weighted by Gasteiger charge is -2.05. The van der Waals surface area contributed by atoms with Crippen molar-refractivity contribution in [3.63, 3.8) is 0 Å². The number of rotatable bonds is 3. The summed E-state index contributed by atoms with van der Waals surface area (Å²) in [5.74, 6) is -0.996. The molecule has 0 amide bonds. The molecular weight excluding hydrogens is 337 g/mol. The van der Waals surface area contributed by atoms with Crippen LogP contribution in [0.3, 0.4) is 0 Å². The first kappa shape index (κ1) is 15.6. The Hall–Kier alpha value is -1.76. The second-order valence-corrected chi connectivity index (χ2v) is 6.40. The Kier molecular flexibility index (Phi) is 4.41. The maximum absolute atomic E-state index is 12.0. The van der Waals surface area contributed by atoms with Crippen molar-refractivity contribution >= 4 is 39.4 Å². The first-order valence-electron chi connectivity index (χ1n) is 5.58. The molecule has 2 N–H and O–H groups in total. The standard InChI is InChI=1S/C13H9Cl2NO4S/c14-10-6-8(12(17)11(15)13(10)18)7-16-21(19,20)9-4-2-1-3-5-9/h1-7,17-18H/b16-7-. The Morgan fingerprint density at radius 3 is 2.29 bits per heavy atom. The van der Waals surface area contributed by atoms with Crippen molar-refractivity contribution in [1.29, 1.82) is 0 Å². The van der Waals surface area contributed by atoms with Crippen LogP contribution in [0.2, 0.25) is 10.0 Å². The van der Waals surface area contributed by atoms with Crippen LogP contribution in [0.1, 0.15) is 5.56 Å². The topological polar surface area (TPSA) is 87.0 Å². The van der Waals surface area contributed by atoms with Gasteiger partial charge in [-0.1, -0.05) is 41.4 Å². The van der Waals surface area contributed by atoms with Gasteiger partial charge < -0.3 is 10.2 Å². The molecule has 0 heterocycles. The first-order valence-corrected chi connectivity index (χ1v) is 7.78. The lowest BCUT2D eigenvalue weighted by atomic mass is 10.2. The van der Waals surface area contributed by atoms with E-state index in [0.717, 1.165) is 12.3 Å². The molecule has 5 nitrogen and oxygen atoms in total. The van der Waals surface area contributed by atoms with E-state index >= 15 is 0 Å². The SMILES string of the molecule is O=S(=O)(/N=C\c1cc(Cl)c(O)c(Cl)c1O)c1ccccc1. The summed E-state index contributed by atoms with van der Waals surface area (Å²) >= 11 is 11.4. The van der Waals surface area contributed by atoms with Crippen molar-refractivity contribution < 1.29 is 18.6 Å². The lowest BCUT2D eigenvalue weighted by Crippen LogP contribution is -1.97. The third-order valence-electron chi connectivity index (χ3n) is 2.57. The molecule has 0 radical (unpaired) electrons. The molecule has 0 spiro atoms. The molecule has 2 rings (SSSR count). The van der Waals surface area contributed by atoms with Crippen molar-refractivity contribution in [3.8, 4) is 11.5 Å². The van der Waals surface area contributed by atoms with E-state index in [2.05, 4.69) is 4.40 Å². The van der Waals surface area contributed by atoms with Gasteiger partial charge in [0.1, 0.15) is 10.8 Å². The van der Waals surface area contributed by atoms with Gasteiger partial charge in [-0.15, -0.1) is 0 Å². The van der Waals surface area contributed by atoms with Gasteiger partial charge in [0.15, 0.2) is 5.75 Å². The summed E-state index contributed by atoms with van der Waals surface area (Å²) in [7, 11) is -3.90. The minimum atomic E-state index is -3.90. The second kappa shape index (κ2) is 5.93. The van der Waals surface area contributed by atoms with Crippen LogP contribution < -0.4 is 0 Å². The predicted molar refractivity (Wildman–Crippen MR) is 81.0 cm³/mol. The van der Waals surface area contributed by atoms with E-state index in [9.17, 15) is 18.6 Å². The fourth-order valence-corrected chi connectivity index (χ4v) is 2.84. The third kappa shape index (κ3) is 3.29. The highest BCUT2D eigenvalue weighted by molar-refractivity contribution is 7.90. The number of benzene rings is 2. The molecule has 8 heteroatoms. The van der Waals surface area contributed by atoms with Gasteiger partial charge in [-0.3, -0.25) is 0 Å². The summed E-state index contributed by atoms with van der Waals surface area (Å²) in [4.78, 5) is 0.0108. The highest BCUT2D eigenvalue weighted by Gasteiger charge is 2.15. The van der Waals surface area contributed by atoms with Gasteiger partial charge in [0.2, 0.25) is 0 Å². The van der Waals surface area contributed by atoms with E-state index in [1.165, 1.54) is 12.1 Å². The fraction of sp³-hybridized carbons (Fsp3) is 0. The van der Waals surface area contributed by atoms with Crippen molar-refractivity contribution in [1.82, 2.24) is 0 Å². The van der Waals surface area contributed by atoms with E-state index in [0.29, 0.717) is 0 Å². The zero-order valence-electron chi connectivity index (χ0n) is 10.4. The van der Waals surface area contributed by atoms with E-state index in [1.54, 1.807) is 18.2 Å². The van der Waals surface area contributed by atoms with Gasteiger partial charge in [0.05, 0.1) is 16.1 Å². The van der Waals surface area contributed by atoms with E-state index in [4.69, 9.17) is 23.2 Å². The molecule has 0 aliphatic heterocycles. The summed E-state index contributed by atoms with van der Waals surface area (Å²) in [5, 5.41) is 18.7. The van der Waals surface area contributed by atoms with Crippen LogP contribution in [0.15, 0.2) is 45.7 Å². The van der Waals surface area contributed by atoms with Crippen LogP contribution >= 0.6 is 23.2 Å². The zero-order chi connectivity index (χ0) is 15.6. The molecule has 0 saturated heterocycles.